The molecular weight excluding hydrogens is 242 g/mol. The maximum absolute atomic E-state index is 11.4. The summed E-state index contributed by atoms with van der Waals surface area (Å²) < 4.78 is 0. The highest BCUT2D eigenvalue weighted by Gasteiger charge is 2.19. The lowest BCUT2D eigenvalue weighted by Gasteiger charge is -2.25. The van der Waals surface area contributed by atoms with Crippen LogP contribution in [0.3, 0.4) is 0 Å². The van der Waals surface area contributed by atoms with E-state index in [9.17, 15) is 14.7 Å². The molecule has 98 valence electrons. The molecule has 1 amide bonds. The highest BCUT2D eigenvalue weighted by molar-refractivity contribution is 8.00. The molecule has 0 spiro atoms. The van der Waals surface area contributed by atoms with Crippen molar-refractivity contribution in [2.24, 2.45) is 5.92 Å². The Hall–Kier alpha value is -0.750. The Morgan fingerprint density at radius 1 is 1.18 bits per heavy atom. The molecular formula is C11H19NO4S. The van der Waals surface area contributed by atoms with E-state index in [2.05, 4.69) is 5.32 Å². The largest absolute Gasteiger partial charge is 0.481 e. The molecule has 0 bridgehead atoms. The zero-order valence-electron chi connectivity index (χ0n) is 9.72. The Kier molecular flexibility index (Phi) is 6.36. The maximum Gasteiger partial charge on any atom is 0.313 e. The first-order chi connectivity index (χ1) is 8.08. The van der Waals surface area contributed by atoms with Crippen LogP contribution in [-0.2, 0) is 9.59 Å². The van der Waals surface area contributed by atoms with Crippen molar-refractivity contribution < 1.29 is 19.8 Å². The second-order valence-corrected chi connectivity index (χ2v) is 5.35. The van der Waals surface area contributed by atoms with E-state index in [-0.39, 0.29) is 23.5 Å². The molecule has 3 N–H and O–H groups in total. The van der Waals surface area contributed by atoms with Crippen molar-refractivity contribution in [3.63, 3.8) is 0 Å². The molecule has 6 heteroatoms. The van der Waals surface area contributed by atoms with Crippen molar-refractivity contribution in [2.75, 3.05) is 18.1 Å². The van der Waals surface area contributed by atoms with Gasteiger partial charge in [-0.1, -0.05) is 0 Å². The molecule has 5 nitrogen and oxygen atoms in total. The van der Waals surface area contributed by atoms with Crippen molar-refractivity contribution >= 4 is 23.6 Å². The van der Waals surface area contributed by atoms with Gasteiger partial charge in [0.15, 0.2) is 0 Å². The van der Waals surface area contributed by atoms with Crippen molar-refractivity contribution in [2.45, 2.75) is 31.8 Å². The molecule has 0 heterocycles. The normalized spacial score (nSPS) is 24.3. The average Bonchev–Trinajstić information content (AvgIpc) is 2.28. The van der Waals surface area contributed by atoms with Crippen LogP contribution in [0.1, 0.15) is 25.7 Å². The number of carbonyl (C=O) groups excluding carboxylic acids is 1. The molecule has 1 aliphatic carbocycles. The fraction of sp³-hybridized carbons (Fsp3) is 0.818. The number of aliphatic hydroxyl groups excluding tert-OH is 1. The van der Waals surface area contributed by atoms with Gasteiger partial charge in [0, 0.05) is 6.54 Å². The number of aliphatic hydroxyl groups is 1. The minimum Gasteiger partial charge on any atom is -0.481 e. The standard InChI is InChI=1S/C11H19NO4S/c13-9-3-1-8(2-4-9)5-12-10(14)6-17-7-11(15)16/h8-9,13H,1-7H2,(H,12,14)(H,15,16). The van der Waals surface area contributed by atoms with Crippen molar-refractivity contribution in [1.82, 2.24) is 5.32 Å². The van der Waals surface area contributed by atoms with Crippen LogP contribution >= 0.6 is 11.8 Å². The smallest absolute Gasteiger partial charge is 0.313 e. The molecule has 0 atom stereocenters. The number of carboxylic acids is 1. The summed E-state index contributed by atoms with van der Waals surface area (Å²) in [4.78, 5) is 21.6. The van der Waals surface area contributed by atoms with Crippen LogP contribution in [0, 0.1) is 5.92 Å². The third-order valence-corrected chi connectivity index (χ3v) is 3.78. The van der Waals surface area contributed by atoms with Gasteiger partial charge in [-0.2, -0.15) is 0 Å². The fourth-order valence-corrected chi connectivity index (χ4v) is 2.45. The van der Waals surface area contributed by atoms with Crippen LogP contribution < -0.4 is 5.32 Å². The third kappa shape index (κ3) is 6.53. The van der Waals surface area contributed by atoms with E-state index in [4.69, 9.17) is 5.11 Å². The number of nitrogens with one attached hydrogen (secondary N) is 1. The van der Waals surface area contributed by atoms with Crippen LogP contribution in [0.25, 0.3) is 0 Å². The molecule has 17 heavy (non-hydrogen) atoms. The second-order valence-electron chi connectivity index (χ2n) is 4.37. The SMILES string of the molecule is O=C(O)CSCC(=O)NCC1CCC(O)CC1. The summed E-state index contributed by atoms with van der Waals surface area (Å²) >= 11 is 1.10. The first-order valence-electron chi connectivity index (χ1n) is 5.82. The van der Waals surface area contributed by atoms with Gasteiger partial charge >= 0.3 is 5.97 Å². The molecule has 0 saturated heterocycles. The van der Waals surface area contributed by atoms with Gasteiger partial charge in [-0.15, -0.1) is 11.8 Å². The van der Waals surface area contributed by atoms with Gasteiger partial charge in [0.05, 0.1) is 17.6 Å². The molecule has 0 aromatic heterocycles. The van der Waals surface area contributed by atoms with Crippen molar-refractivity contribution in [1.29, 1.82) is 0 Å². The van der Waals surface area contributed by atoms with Crippen LogP contribution in [0.2, 0.25) is 0 Å². The summed E-state index contributed by atoms with van der Waals surface area (Å²) in [5, 5.41) is 20.5. The molecule has 0 radical (unpaired) electrons. The maximum atomic E-state index is 11.4. The number of rotatable bonds is 6. The molecule has 1 aliphatic rings. The molecule has 0 aromatic carbocycles. The second kappa shape index (κ2) is 7.55. The first kappa shape index (κ1) is 14.3. The minimum atomic E-state index is -0.899. The number of amides is 1. The fourth-order valence-electron chi connectivity index (χ4n) is 1.89. The Bertz CT molecular complexity index is 264. The topological polar surface area (TPSA) is 86.6 Å². The molecule has 0 unspecified atom stereocenters. The van der Waals surface area contributed by atoms with Gasteiger partial charge in [-0.25, -0.2) is 0 Å². The number of carbonyl (C=O) groups is 2. The summed E-state index contributed by atoms with van der Waals surface area (Å²) in [5.74, 6) is -0.400. The van der Waals surface area contributed by atoms with E-state index in [1.165, 1.54) is 0 Å². The molecule has 0 aromatic rings. The van der Waals surface area contributed by atoms with Crippen LogP contribution in [0.15, 0.2) is 0 Å². The van der Waals surface area contributed by atoms with Gasteiger partial charge in [0.1, 0.15) is 0 Å². The van der Waals surface area contributed by atoms with Gasteiger partial charge < -0.3 is 15.5 Å². The zero-order valence-corrected chi connectivity index (χ0v) is 10.5. The number of aliphatic carboxylic acids is 1. The van der Waals surface area contributed by atoms with Gasteiger partial charge in [-0.05, 0) is 31.6 Å². The molecule has 0 aliphatic heterocycles. The number of hydrogen-bond acceptors (Lipinski definition) is 4. The van der Waals surface area contributed by atoms with E-state index >= 15 is 0 Å². The minimum absolute atomic E-state index is 0.0386. The third-order valence-electron chi connectivity index (χ3n) is 2.86. The van der Waals surface area contributed by atoms with E-state index in [1.54, 1.807) is 0 Å². The van der Waals surface area contributed by atoms with Gasteiger partial charge in [-0.3, -0.25) is 9.59 Å². The van der Waals surface area contributed by atoms with E-state index in [1.807, 2.05) is 0 Å². The summed E-state index contributed by atoms with van der Waals surface area (Å²) in [6.45, 7) is 0.638. The molecule has 1 saturated carbocycles. The molecule has 1 fully saturated rings. The summed E-state index contributed by atoms with van der Waals surface area (Å²) in [6, 6.07) is 0. The van der Waals surface area contributed by atoms with Crippen LogP contribution in [0.4, 0.5) is 0 Å². The summed E-state index contributed by atoms with van der Waals surface area (Å²) in [6.07, 6.45) is 3.35. The Balaban J connectivity index is 2.05. The predicted octanol–water partition coefficient (Wildman–Crippen LogP) is 0.471. The quantitative estimate of drug-likeness (QED) is 0.647. The first-order valence-corrected chi connectivity index (χ1v) is 6.97. The lowest BCUT2D eigenvalue weighted by atomic mass is 9.87. The Morgan fingerprint density at radius 3 is 2.41 bits per heavy atom. The monoisotopic (exact) mass is 261 g/mol. The Morgan fingerprint density at radius 2 is 1.82 bits per heavy atom. The summed E-state index contributed by atoms with van der Waals surface area (Å²) in [7, 11) is 0. The van der Waals surface area contributed by atoms with Crippen molar-refractivity contribution in [3.8, 4) is 0 Å². The molecule has 1 rings (SSSR count). The van der Waals surface area contributed by atoms with Gasteiger partial charge in [0.25, 0.3) is 0 Å². The summed E-state index contributed by atoms with van der Waals surface area (Å²) in [5.41, 5.74) is 0. The lowest BCUT2D eigenvalue weighted by Crippen LogP contribution is -2.33. The van der Waals surface area contributed by atoms with Crippen LogP contribution in [-0.4, -0.2) is 46.2 Å². The van der Waals surface area contributed by atoms with Gasteiger partial charge in [0.2, 0.25) is 5.91 Å². The average molecular weight is 261 g/mol. The van der Waals surface area contributed by atoms with Crippen LogP contribution in [0.5, 0.6) is 0 Å². The van der Waals surface area contributed by atoms with E-state index in [0.717, 1.165) is 37.4 Å². The Labute approximate surface area is 105 Å². The number of hydrogen-bond donors (Lipinski definition) is 3. The predicted molar refractivity (Wildman–Crippen MR) is 65.9 cm³/mol. The highest BCUT2D eigenvalue weighted by Crippen LogP contribution is 2.23. The lowest BCUT2D eigenvalue weighted by molar-refractivity contribution is -0.133. The highest BCUT2D eigenvalue weighted by atomic mass is 32.2. The zero-order chi connectivity index (χ0) is 12.7. The van der Waals surface area contributed by atoms with E-state index < -0.39 is 5.97 Å². The number of thioether (sulfide) groups is 1. The van der Waals surface area contributed by atoms with Crippen molar-refractivity contribution in [3.05, 3.63) is 0 Å². The number of carboxylic acid groups (broad SMARTS) is 1. The van der Waals surface area contributed by atoms with E-state index in [0.29, 0.717) is 12.5 Å².